The second-order valence-corrected chi connectivity index (χ2v) is 6.21. The van der Waals surface area contributed by atoms with E-state index in [1.54, 1.807) is 30.5 Å². The number of nitrogens with zero attached hydrogens (tertiary/aromatic N) is 3. The smallest absolute Gasteiger partial charge is 0.220 e. The zero-order valence-corrected chi connectivity index (χ0v) is 14.6. The average molecular weight is 369 g/mol. The first-order valence-electron chi connectivity index (χ1n) is 7.87. The van der Waals surface area contributed by atoms with Crippen molar-refractivity contribution in [3.8, 4) is 17.0 Å². The lowest BCUT2D eigenvalue weighted by Crippen LogP contribution is -2.09. The number of aliphatic imine (C=N–C) groups is 1. The van der Waals surface area contributed by atoms with Gasteiger partial charge in [0.15, 0.2) is 0 Å². The highest BCUT2D eigenvalue weighted by atomic mass is 35.5. The Hall–Kier alpha value is -2.99. The van der Waals surface area contributed by atoms with Crippen molar-refractivity contribution >= 4 is 23.3 Å². The fourth-order valence-electron chi connectivity index (χ4n) is 3.06. The molecule has 0 atom stereocenters. The highest BCUT2D eigenvalue weighted by Crippen LogP contribution is 2.35. The molecule has 0 spiro atoms. The van der Waals surface area contributed by atoms with Crippen molar-refractivity contribution in [2.75, 3.05) is 12.8 Å². The number of hydrogen-bond acceptors (Lipinski definition) is 5. The van der Waals surface area contributed by atoms with Gasteiger partial charge >= 0.3 is 0 Å². The summed E-state index contributed by atoms with van der Waals surface area (Å²) in [4.78, 5) is 13.0. The number of methoxy groups -OCH3 is 1. The minimum atomic E-state index is -0.425. The molecule has 0 aliphatic carbocycles. The van der Waals surface area contributed by atoms with E-state index in [1.165, 1.54) is 13.2 Å². The molecule has 1 aliphatic heterocycles. The SMILES string of the molecule is COc1cccc(F)c1C1=NCc2cnc(N)nc2-c2ccc(Cl)cc21. The molecular weight excluding hydrogens is 355 g/mol. The molecule has 0 fully saturated rings. The Labute approximate surface area is 154 Å². The van der Waals surface area contributed by atoms with Gasteiger partial charge in [0, 0.05) is 27.9 Å². The third kappa shape index (κ3) is 2.68. The zero-order chi connectivity index (χ0) is 18.3. The lowest BCUT2D eigenvalue weighted by Gasteiger charge is -2.14. The number of fused-ring (bicyclic) bond motifs is 3. The van der Waals surface area contributed by atoms with Crippen LogP contribution in [0.5, 0.6) is 5.75 Å². The zero-order valence-electron chi connectivity index (χ0n) is 13.8. The Bertz CT molecular complexity index is 1050. The van der Waals surface area contributed by atoms with Gasteiger partial charge in [0.2, 0.25) is 5.95 Å². The molecule has 1 aromatic heterocycles. The molecule has 0 bridgehead atoms. The highest BCUT2D eigenvalue weighted by molar-refractivity contribution is 6.31. The maximum absolute atomic E-state index is 14.7. The molecule has 5 nitrogen and oxygen atoms in total. The number of aromatic nitrogens is 2. The monoisotopic (exact) mass is 368 g/mol. The van der Waals surface area contributed by atoms with Gasteiger partial charge in [-0.25, -0.2) is 14.4 Å². The van der Waals surface area contributed by atoms with Gasteiger partial charge < -0.3 is 10.5 Å². The van der Waals surface area contributed by atoms with Crippen LogP contribution in [0, 0.1) is 5.82 Å². The van der Waals surface area contributed by atoms with Crippen molar-refractivity contribution in [3.63, 3.8) is 0 Å². The van der Waals surface area contributed by atoms with E-state index >= 15 is 0 Å². The molecule has 2 aromatic carbocycles. The Balaban J connectivity index is 2.04. The van der Waals surface area contributed by atoms with E-state index < -0.39 is 5.82 Å². The quantitative estimate of drug-likeness (QED) is 0.745. The molecule has 0 radical (unpaired) electrons. The summed E-state index contributed by atoms with van der Waals surface area (Å²) in [6, 6.07) is 9.99. The molecule has 130 valence electrons. The van der Waals surface area contributed by atoms with Gasteiger partial charge in [-0.3, -0.25) is 4.99 Å². The van der Waals surface area contributed by atoms with E-state index in [0.717, 1.165) is 11.1 Å². The number of anilines is 1. The summed E-state index contributed by atoms with van der Waals surface area (Å²) in [6.07, 6.45) is 1.64. The molecule has 0 amide bonds. The number of hydrogen-bond donors (Lipinski definition) is 1. The van der Waals surface area contributed by atoms with Gasteiger partial charge in [-0.15, -0.1) is 0 Å². The number of nitrogens with two attached hydrogens (primary N) is 1. The number of rotatable bonds is 2. The molecular formula is C19H14ClFN4O. The first-order chi connectivity index (χ1) is 12.6. The largest absolute Gasteiger partial charge is 0.496 e. The van der Waals surface area contributed by atoms with Crippen LogP contribution in [-0.4, -0.2) is 22.8 Å². The van der Waals surface area contributed by atoms with E-state index in [2.05, 4.69) is 15.0 Å². The van der Waals surface area contributed by atoms with Gasteiger partial charge in [-0.2, -0.15) is 0 Å². The van der Waals surface area contributed by atoms with Crippen LogP contribution < -0.4 is 10.5 Å². The highest BCUT2D eigenvalue weighted by Gasteiger charge is 2.25. The van der Waals surface area contributed by atoms with E-state index in [4.69, 9.17) is 22.1 Å². The minimum absolute atomic E-state index is 0.163. The van der Waals surface area contributed by atoms with Crippen molar-refractivity contribution in [2.45, 2.75) is 6.54 Å². The minimum Gasteiger partial charge on any atom is -0.496 e. The van der Waals surface area contributed by atoms with Crippen LogP contribution in [-0.2, 0) is 6.54 Å². The summed E-state index contributed by atoms with van der Waals surface area (Å²) < 4.78 is 20.1. The molecule has 0 saturated carbocycles. The summed E-state index contributed by atoms with van der Waals surface area (Å²) >= 11 is 6.22. The summed E-state index contributed by atoms with van der Waals surface area (Å²) in [6.45, 7) is 0.286. The van der Waals surface area contributed by atoms with Crippen molar-refractivity contribution in [1.82, 2.24) is 9.97 Å². The summed E-state index contributed by atoms with van der Waals surface area (Å²) in [7, 11) is 1.50. The third-order valence-corrected chi connectivity index (χ3v) is 4.45. The van der Waals surface area contributed by atoms with Gasteiger partial charge in [-0.05, 0) is 24.3 Å². The Morgan fingerprint density at radius 1 is 1.19 bits per heavy atom. The third-order valence-electron chi connectivity index (χ3n) is 4.21. The maximum Gasteiger partial charge on any atom is 0.220 e. The standard InChI is InChI=1S/C19H14ClFN4O/c1-26-15-4-2-3-14(21)16(15)18-13-7-11(20)5-6-12(13)17-10(8-23-18)9-24-19(22)25-17/h2-7,9H,8H2,1H3,(H2,22,24,25). The topological polar surface area (TPSA) is 73.4 Å². The average Bonchev–Trinajstić information content (AvgIpc) is 2.78. The molecule has 2 heterocycles. The van der Waals surface area contributed by atoms with Crippen molar-refractivity contribution in [3.05, 3.63) is 70.1 Å². The van der Waals surface area contributed by atoms with Gasteiger partial charge in [0.1, 0.15) is 11.6 Å². The van der Waals surface area contributed by atoms with E-state index in [9.17, 15) is 4.39 Å². The predicted octanol–water partition coefficient (Wildman–Crippen LogP) is 3.88. The van der Waals surface area contributed by atoms with Crippen LogP contribution >= 0.6 is 11.6 Å². The van der Waals surface area contributed by atoms with Crippen LogP contribution in [0.15, 0.2) is 47.6 Å². The van der Waals surface area contributed by atoms with Crippen LogP contribution in [0.2, 0.25) is 5.02 Å². The lowest BCUT2D eigenvalue weighted by molar-refractivity contribution is 0.410. The summed E-state index contributed by atoms with van der Waals surface area (Å²) in [5, 5.41) is 0.511. The number of nitrogen functional groups attached to an aromatic ring is 1. The first kappa shape index (κ1) is 16.5. The Morgan fingerprint density at radius 3 is 2.85 bits per heavy atom. The number of benzene rings is 2. The molecule has 0 saturated heterocycles. The molecule has 2 N–H and O–H groups in total. The molecule has 3 aromatic rings. The predicted molar refractivity (Wildman–Crippen MR) is 99.2 cm³/mol. The lowest BCUT2D eigenvalue weighted by atomic mass is 9.94. The van der Waals surface area contributed by atoms with Gasteiger partial charge in [0.05, 0.1) is 30.6 Å². The van der Waals surface area contributed by atoms with E-state index in [1.807, 2.05) is 6.07 Å². The van der Waals surface area contributed by atoms with Crippen molar-refractivity contribution in [2.24, 2.45) is 4.99 Å². The van der Waals surface area contributed by atoms with Gasteiger partial charge in [0.25, 0.3) is 0 Å². The molecule has 0 unspecified atom stereocenters. The van der Waals surface area contributed by atoms with Crippen molar-refractivity contribution < 1.29 is 9.13 Å². The van der Waals surface area contributed by atoms with Crippen molar-refractivity contribution in [1.29, 1.82) is 0 Å². The van der Waals surface area contributed by atoms with E-state index in [-0.39, 0.29) is 18.1 Å². The maximum atomic E-state index is 14.7. The van der Waals surface area contributed by atoms with E-state index in [0.29, 0.717) is 27.7 Å². The molecule has 26 heavy (non-hydrogen) atoms. The fourth-order valence-corrected chi connectivity index (χ4v) is 3.23. The van der Waals surface area contributed by atoms with Gasteiger partial charge in [-0.1, -0.05) is 23.7 Å². The first-order valence-corrected chi connectivity index (χ1v) is 8.25. The van der Waals surface area contributed by atoms with Crippen LogP contribution in [0.1, 0.15) is 16.7 Å². The van der Waals surface area contributed by atoms with Crippen LogP contribution in [0.4, 0.5) is 10.3 Å². The van der Waals surface area contributed by atoms with Crippen LogP contribution in [0.3, 0.4) is 0 Å². The molecule has 1 aliphatic rings. The van der Waals surface area contributed by atoms with Crippen LogP contribution in [0.25, 0.3) is 11.3 Å². The number of ether oxygens (including phenoxy) is 1. The molecule has 7 heteroatoms. The summed E-state index contributed by atoms with van der Waals surface area (Å²) in [5.74, 6) is 0.133. The second-order valence-electron chi connectivity index (χ2n) is 5.77. The normalized spacial score (nSPS) is 12.7. The fraction of sp³-hybridized carbons (Fsp3) is 0.105. The Kier molecular flexibility index (Phi) is 4.05. The summed E-state index contributed by atoms with van der Waals surface area (Å²) in [5.41, 5.74) is 9.40. The number of halogens is 2. The second kappa shape index (κ2) is 6.38. The Morgan fingerprint density at radius 2 is 2.04 bits per heavy atom. The molecule has 4 rings (SSSR count).